The van der Waals surface area contributed by atoms with Gasteiger partial charge in [0.05, 0.1) is 6.61 Å². The summed E-state index contributed by atoms with van der Waals surface area (Å²) in [5.41, 5.74) is 0.822. The number of ether oxygens (including phenoxy) is 1. The first-order valence-electron chi connectivity index (χ1n) is 7.61. The van der Waals surface area contributed by atoms with Crippen molar-refractivity contribution in [1.29, 1.82) is 0 Å². The van der Waals surface area contributed by atoms with Crippen molar-refractivity contribution in [3.05, 3.63) is 71.8 Å². The van der Waals surface area contributed by atoms with Crippen LogP contribution in [0.15, 0.2) is 60.7 Å². The number of aliphatic hydroxyl groups is 1. The number of benzene rings is 2. The van der Waals surface area contributed by atoms with Crippen LogP contribution < -0.4 is 0 Å². The summed E-state index contributed by atoms with van der Waals surface area (Å²) in [4.78, 5) is 11.7. The van der Waals surface area contributed by atoms with Gasteiger partial charge >= 0.3 is 0 Å². The third-order valence-electron chi connectivity index (χ3n) is 4.34. The maximum atomic E-state index is 11.7. The molecule has 3 nitrogen and oxygen atoms in total. The molecule has 1 heterocycles. The second kappa shape index (κ2) is 6.42. The zero-order valence-electron chi connectivity index (χ0n) is 12.4. The lowest BCUT2D eigenvalue weighted by Gasteiger charge is -2.28. The molecule has 0 aromatic heterocycles. The molecule has 1 aliphatic rings. The number of aldehydes is 1. The van der Waals surface area contributed by atoms with E-state index < -0.39 is 11.7 Å². The van der Waals surface area contributed by atoms with Gasteiger partial charge in [-0.05, 0) is 29.9 Å². The Morgan fingerprint density at radius 1 is 1.14 bits per heavy atom. The SMILES string of the molecule is O=CC1(C(O)c2ccccc2)CC(Cc2ccccc2)CO1. The van der Waals surface area contributed by atoms with Gasteiger partial charge < -0.3 is 14.6 Å². The third-order valence-corrected chi connectivity index (χ3v) is 4.34. The highest BCUT2D eigenvalue weighted by molar-refractivity contribution is 5.65. The van der Waals surface area contributed by atoms with Crippen LogP contribution in [0.5, 0.6) is 0 Å². The Balaban J connectivity index is 1.74. The summed E-state index contributed by atoms with van der Waals surface area (Å²) in [5.74, 6) is 0.242. The van der Waals surface area contributed by atoms with E-state index in [1.54, 1.807) is 0 Å². The van der Waals surface area contributed by atoms with E-state index in [9.17, 15) is 9.90 Å². The highest BCUT2D eigenvalue weighted by atomic mass is 16.5. The first-order valence-corrected chi connectivity index (χ1v) is 7.61. The Labute approximate surface area is 130 Å². The molecule has 3 atom stereocenters. The van der Waals surface area contributed by atoms with Crippen molar-refractivity contribution >= 4 is 6.29 Å². The van der Waals surface area contributed by atoms with Crippen LogP contribution in [0, 0.1) is 5.92 Å². The van der Waals surface area contributed by atoms with Crippen LogP contribution in [0.2, 0.25) is 0 Å². The van der Waals surface area contributed by atoms with Crippen molar-refractivity contribution in [2.24, 2.45) is 5.92 Å². The van der Waals surface area contributed by atoms with Crippen molar-refractivity contribution in [1.82, 2.24) is 0 Å². The highest BCUT2D eigenvalue weighted by Gasteiger charge is 2.46. The van der Waals surface area contributed by atoms with Gasteiger partial charge in [-0.3, -0.25) is 0 Å². The maximum absolute atomic E-state index is 11.7. The molecule has 0 radical (unpaired) electrons. The van der Waals surface area contributed by atoms with Crippen LogP contribution in [0.3, 0.4) is 0 Å². The normalized spacial score (nSPS) is 25.8. The standard InChI is InChI=1S/C19H20O3/c20-14-19(18(21)17-9-5-2-6-10-17)12-16(13-22-19)11-15-7-3-1-4-8-15/h1-10,14,16,18,21H,11-13H2. The van der Waals surface area contributed by atoms with E-state index in [1.807, 2.05) is 48.5 Å². The van der Waals surface area contributed by atoms with Crippen LogP contribution in [-0.2, 0) is 16.0 Å². The zero-order valence-corrected chi connectivity index (χ0v) is 12.4. The van der Waals surface area contributed by atoms with Crippen LogP contribution >= 0.6 is 0 Å². The topological polar surface area (TPSA) is 46.5 Å². The van der Waals surface area contributed by atoms with E-state index in [-0.39, 0.29) is 5.92 Å². The Hall–Kier alpha value is -1.97. The lowest BCUT2D eigenvalue weighted by atomic mass is 9.84. The van der Waals surface area contributed by atoms with Gasteiger partial charge in [0.1, 0.15) is 6.10 Å². The second-order valence-electron chi connectivity index (χ2n) is 5.96. The van der Waals surface area contributed by atoms with Crippen LogP contribution in [0.1, 0.15) is 23.7 Å². The summed E-state index contributed by atoms with van der Waals surface area (Å²) in [6.45, 7) is 0.498. The molecule has 22 heavy (non-hydrogen) atoms. The maximum Gasteiger partial charge on any atom is 0.154 e. The molecule has 0 amide bonds. The Kier molecular flexibility index (Phi) is 4.36. The van der Waals surface area contributed by atoms with Crippen LogP contribution in [0.25, 0.3) is 0 Å². The van der Waals surface area contributed by atoms with E-state index >= 15 is 0 Å². The molecule has 0 spiro atoms. The fraction of sp³-hybridized carbons (Fsp3) is 0.316. The van der Waals surface area contributed by atoms with Gasteiger partial charge in [-0.2, -0.15) is 0 Å². The molecular weight excluding hydrogens is 276 g/mol. The number of carbonyl (C=O) groups is 1. The summed E-state index contributed by atoms with van der Waals surface area (Å²) in [6, 6.07) is 19.4. The molecule has 114 valence electrons. The number of aliphatic hydroxyl groups excluding tert-OH is 1. The minimum atomic E-state index is -1.12. The van der Waals surface area contributed by atoms with Crippen molar-refractivity contribution in [2.45, 2.75) is 24.5 Å². The highest BCUT2D eigenvalue weighted by Crippen LogP contribution is 2.39. The number of rotatable bonds is 5. The van der Waals surface area contributed by atoms with Gasteiger partial charge in [-0.1, -0.05) is 60.7 Å². The minimum absolute atomic E-state index is 0.242. The summed E-state index contributed by atoms with van der Waals surface area (Å²) in [5, 5.41) is 10.6. The first kappa shape index (κ1) is 14.9. The Morgan fingerprint density at radius 2 is 1.77 bits per heavy atom. The monoisotopic (exact) mass is 296 g/mol. The Morgan fingerprint density at radius 3 is 2.41 bits per heavy atom. The van der Waals surface area contributed by atoms with Crippen molar-refractivity contribution in [2.75, 3.05) is 6.61 Å². The summed E-state index contributed by atoms with van der Waals surface area (Å²) in [7, 11) is 0. The minimum Gasteiger partial charge on any atom is -0.385 e. The lowest BCUT2D eigenvalue weighted by molar-refractivity contribution is -0.140. The fourth-order valence-corrected chi connectivity index (χ4v) is 3.18. The molecule has 2 aromatic rings. The van der Waals surface area contributed by atoms with E-state index in [4.69, 9.17) is 4.74 Å². The number of carbonyl (C=O) groups excluding carboxylic acids is 1. The number of hydrogen-bond acceptors (Lipinski definition) is 3. The zero-order chi connectivity index (χ0) is 15.4. The summed E-state index contributed by atoms with van der Waals surface area (Å²) in [6.07, 6.45) is 1.25. The quantitative estimate of drug-likeness (QED) is 0.863. The van der Waals surface area contributed by atoms with E-state index in [2.05, 4.69) is 12.1 Å². The van der Waals surface area contributed by atoms with Crippen molar-refractivity contribution in [3.8, 4) is 0 Å². The molecule has 1 aliphatic heterocycles. The predicted molar refractivity (Wildman–Crippen MR) is 84.4 cm³/mol. The van der Waals surface area contributed by atoms with E-state index in [1.165, 1.54) is 5.56 Å². The van der Waals surface area contributed by atoms with Crippen LogP contribution in [-0.4, -0.2) is 23.6 Å². The van der Waals surface area contributed by atoms with E-state index in [0.717, 1.165) is 18.3 Å². The third kappa shape index (κ3) is 2.96. The Bertz CT molecular complexity index is 611. The van der Waals surface area contributed by atoms with E-state index in [0.29, 0.717) is 13.0 Å². The van der Waals surface area contributed by atoms with Crippen molar-refractivity contribution in [3.63, 3.8) is 0 Å². The lowest BCUT2D eigenvalue weighted by Crippen LogP contribution is -2.37. The number of hydrogen-bond donors (Lipinski definition) is 1. The smallest absolute Gasteiger partial charge is 0.154 e. The molecule has 1 fully saturated rings. The average Bonchev–Trinajstić information content (AvgIpc) is 3.00. The molecular formula is C19H20O3. The van der Waals surface area contributed by atoms with Crippen molar-refractivity contribution < 1.29 is 14.6 Å². The largest absolute Gasteiger partial charge is 0.385 e. The van der Waals surface area contributed by atoms with Gasteiger partial charge in [-0.25, -0.2) is 0 Å². The molecule has 2 aromatic carbocycles. The van der Waals surface area contributed by atoms with Gasteiger partial charge in [-0.15, -0.1) is 0 Å². The molecule has 0 aliphatic carbocycles. The average molecular weight is 296 g/mol. The molecule has 1 saturated heterocycles. The van der Waals surface area contributed by atoms with Gasteiger partial charge in [0.15, 0.2) is 11.9 Å². The molecule has 3 rings (SSSR count). The molecule has 0 bridgehead atoms. The molecule has 3 heteroatoms. The molecule has 3 unspecified atom stereocenters. The second-order valence-corrected chi connectivity index (χ2v) is 5.96. The summed E-state index contributed by atoms with van der Waals surface area (Å²) >= 11 is 0. The van der Waals surface area contributed by atoms with Crippen LogP contribution in [0.4, 0.5) is 0 Å². The van der Waals surface area contributed by atoms with Gasteiger partial charge in [0.2, 0.25) is 0 Å². The van der Waals surface area contributed by atoms with Gasteiger partial charge in [0.25, 0.3) is 0 Å². The fourth-order valence-electron chi connectivity index (χ4n) is 3.18. The molecule has 0 saturated carbocycles. The molecule has 1 N–H and O–H groups in total. The predicted octanol–water partition coefficient (Wildman–Crippen LogP) is 2.94. The van der Waals surface area contributed by atoms with Gasteiger partial charge in [0, 0.05) is 0 Å². The summed E-state index contributed by atoms with van der Waals surface area (Å²) < 4.78 is 5.77. The first-order chi connectivity index (χ1) is 10.7.